The van der Waals surface area contributed by atoms with Crippen LogP contribution in [0.4, 0.5) is 10.5 Å². The van der Waals surface area contributed by atoms with E-state index in [-0.39, 0.29) is 24.0 Å². The minimum Gasteiger partial charge on any atom is -0.381 e. The molecule has 1 aliphatic carbocycles. The Kier molecular flexibility index (Phi) is 6.30. The largest absolute Gasteiger partial charge is 0.381 e. The van der Waals surface area contributed by atoms with Gasteiger partial charge in [-0.2, -0.15) is 0 Å². The molecule has 6 nitrogen and oxygen atoms in total. The van der Waals surface area contributed by atoms with Gasteiger partial charge in [-0.15, -0.1) is 0 Å². The highest BCUT2D eigenvalue weighted by Crippen LogP contribution is 2.35. The number of urea groups is 1. The Labute approximate surface area is 177 Å². The van der Waals surface area contributed by atoms with Crippen LogP contribution in [0.15, 0.2) is 18.2 Å². The first-order chi connectivity index (χ1) is 14.0. The van der Waals surface area contributed by atoms with Crippen molar-refractivity contribution in [3.05, 3.63) is 28.8 Å². The zero-order valence-electron chi connectivity index (χ0n) is 17.0. The third-order valence-electron chi connectivity index (χ3n) is 6.28. The molecular formula is C22H30ClN3O3. The lowest BCUT2D eigenvalue weighted by molar-refractivity contribution is -0.141. The first-order valence-corrected chi connectivity index (χ1v) is 11.1. The fourth-order valence-electron chi connectivity index (χ4n) is 4.43. The topological polar surface area (TPSA) is 61.9 Å². The molecule has 0 bridgehead atoms. The third-order valence-corrected chi connectivity index (χ3v) is 6.59. The van der Waals surface area contributed by atoms with Crippen LogP contribution >= 0.6 is 11.6 Å². The van der Waals surface area contributed by atoms with E-state index in [1.54, 1.807) is 0 Å². The number of hydrogen-bond donors (Lipinski definition) is 1. The van der Waals surface area contributed by atoms with Gasteiger partial charge in [-0.25, -0.2) is 4.79 Å². The van der Waals surface area contributed by atoms with Crippen LogP contribution in [0.5, 0.6) is 0 Å². The van der Waals surface area contributed by atoms with Gasteiger partial charge in [0.15, 0.2) is 0 Å². The smallest absolute Gasteiger partial charge is 0.321 e. The van der Waals surface area contributed by atoms with Gasteiger partial charge in [-0.05, 0) is 63.1 Å². The van der Waals surface area contributed by atoms with Crippen molar-refractivity contribution in [3.8, 4) is 0 Å². The fourth-order valence-corrected chi connectivity index (χ4v) is 4.71. The summed E-state index contributed by atoms with van der Waals surface area (Å²) in [6.07, 6.45) is 5.54. The second-order valence-corrected chi connectivity index (χ2v) is 8.90. The third kappa shape index (κ3) is 4.86. The molecule has 4 rings (SSSR count). The SMILES string of the molecule is Cc1ccc(NC(=O)N2CCC(N(C(=O)C3CC3)C3CCOCC3)CC2)c(Cl)c1. The number of aryl methyl sites for hydroxylation is 1. The zero-order chi connectivity index (χ0) is 20.4. The molecule has 3 aliphatic rings. The number of halogens is 1. The first kappa shape index (κ1) is 20.5. The van der Waals surface area contributed by atoms with E-state index in [1.807, 2.05) is 30.0 Å². The highest BCUT2D eigenvalue weighted by atomic mass is 35.5. The minimum atomic E-state index is -0.125. The predicted octanol–water partition coefficient (Wildman–Crippen LogP) is 4.06. The van der Waals surface area contributed by atoms with E-state index in [2.05, 4.69) is 10.2 Å². The number of hydrogen-bond acceptors (Lipinski definition) is 3. The Morgan fingerprint density at radius 2 is 1.72 bits per heavy atom. The van der Waals surface area contributed by atoms with Gasteiger partial charge in [0.05, 0.1) is 10.7 Å². The summed E-state index contributed by atoms with van der Waals surface area (Å²) in [6.45, 7) is 4.74. The van der Waals surface area contributed by atoms with E-state index in [4.69, 9.17) is 16.3 Å². The van der Waals surface area contributed by atoms with Crippen LogP contribution < -0.4 is 5.32 Å². The molecule has 158 valence electrons. The summed E-state index contributed by atoms with van der Waals surface area (Å²) < 4.78 is 5.51. The number of anilines is 1. The van der Waals surface area contributed by atoms with Gasteiger partial charge in [-0.3, -0.25) is 4.79 Å². The van der Waals surface area contributed by atoms with Gasteiger partial charge in [-0.1, -0.05) is 17.7 Å². The van der Waals surface area contributed by atoms with Crippen molar-refractivity contribution in [2.75, 3.05) is 31.6 Å². The summed E-state index contributed by atoms with van der Waals surface area (Å²) in [5, 5.41) is 3.47. The molecule has 1 aromatic carbocycles. The quantitative estimate of drug-likeness (QED) is 0.800. The molecule has 1 N–H and O–H groups in total. The molecule has 1 saturated carbocycles. The number of amides is 3. The van der Waals surface area contributed by atoms with E-state index in [1.165, 1.54) is 0 Å². The van der Waals surface area contributed by atoms with E-state index >= 15 is 0 Å². The standard InChI is InChI=1S/C22H30ClN3O3/c1-15-2-5-20(19(23)14-15)24-22(28)25-10-6-17(7-11-25)26(21(27)16-3-4-16)18-8-12-29-13-9-18/h2,5,14,16-18H,3-4,6-13H2,1H3,(H,24,28). The van der Waals surface area contributed by atoms with Crippen molar-refractivity contribution >= 4 is 29.2 Å². The number of nitrogens with one attached hydrogen (secondary N) is 1. The van der Waals surface area contributed by atoms with Gasteiger partial charge < -0.3 is 19.9 Å². The predicted molar refractivity (Wildman–Crippen MR) is 113 cm³/mol. The van der Waals surface area contributed by atoms with Gasteiger partial charge >= 0.3 is 6.03 Å². The lowest BCUT2D eigenvalue weighted by atomic mass is 9.97. The highest BCUT2D eigenvalue weighted by Gasteiger charge is 2.41. The summed E-state index contributed by atoms with van der Waals surface area (Å²) >= 11 is 6.25. The second kappa shape index (κ2) is 8.92. The molecule has 3 amide bonds. The molecule has 29 heavy (non-hydrogen) atoms. The average molecular weight is 420 g/mol. The molecule has 0 radical (unpaired) electrons. The molecule has 3 fully saturated rings. The van der Waals surface area contributed by atoms with E-state index < -0.39 is 0 Å². The second-order valence-electron chi connectivity index (χ2n) is 8.50. The van der Waals surface area contributed by atoms with Crippen molar-refractivity contribution in [3.63, 3.8) is 0 Å². The fraction of sp³-hybridized carbons (Fsp3) is 0.636. The molecule has 0 atom stereocenters. The summed E-state index contributed by atoms with van der Waals surface area (Å²) in [6, 6.07) is 6.00. The van der Waals surface area contributed by atoms with Crippen LogP contribution in [0.1, 0.15) is 44.1 Å². The number of nitrogens with zero attached hydrogens (tertiary/aromatic N) is 2. The highest BCUT2D eigenvalue weighted by molar-refractivity contribution is 6.33. The van der Waals surface area contributed by atoms with Crippen LogP contribution in [0.3, 0.4) is 0 Å². The molecule has 1 aromatic rings. The number of piperidine rings is 1. The molecule has 0 aromatic heterocycles. The summed E-state index contributed by atoms with van der Waals surface area (Å²) in [7, 11) is 0. The van der Waals surface area contributed by atoms with Crippen LogP contribution in [0.2, 0.25) is 5.02 Å². The van der Waals surface area contributed by atoms with Crippen LogP contribution in [-0.2, 0) is 9.53 Å². The lowest BCUT2D eigenvalue weighted by Crippen LogP contribution is -2.54. The van der Waals surface area contributed by atoms with Gasteiger partial charge in [0.1, 0.15) is 0 Å². The first-order valence-electron chi connectivity index (χ1n) is 10.7. The minimum absolute atomic E-state index is 0.125. The summed E-state index contributed by atoms with van der Waals surface area (Å²) in [5.74, 6) is 0.550. The number of ether oxygens (including phenoxy) is 1. The van der Waals surface area contributed by atoms with Crippen molar-refractivity contribution in [1.82, 2.24) is 9.80 Å². The molecule has 7 heteroatoms. The maximum Gasteiger partial charge on any atom is 0.321 e. The Hall–Kier alpha value is -1.79. The normalized spacial score (nSPS) is 21.1. The van der Waals surface area contributed by atoms with E-state index in [0.717, 1.165) is 57.3 Å². The number of carbonyl (C=O) groups is 2. The van der Waals surface area contributed by atoms with E-state index in [0.29, 0.717) is 29.7 Å². The van der Waals surface area contributed by atoms with Crippen molar-refractivity contribution < 1.29 is 14.3 Å². The Bertz CT molecular complexity index is 754. The van der Waals surface area contributed by atoms with Gasteiger partial charge in [0.25, 0.3) is 0 Å². The van der Waals surface area contributed by atoms with Crippen molar-refractivity contribution in [2.45, 2.75) is 57.5 Å². The number of likely N-dealkylation sites (tertiary alicyclic amines) is 1. The monoisotopic (exact) mass is 419 g/mol. The molecule has 2 heterocycles. The number of benzene rings is 1. The Morgan fingerprint density at radius 3 is 2.34 bits per heavy atom. The van der Waals surface area contributed by atoms with Crippen LogP contribution in [0, 0.1) is 12.8 Å². The molecule has 0 unspecified atom stereocenters. The average Bonchev–Trinajstić information content (AvgIpc) is 3.57. The van der Waals surface area contributed by atoms with Crippen LogP contribution in [0.25, 0.3) is 0 Å². The van der Waals surface area contributed by atoms with Crippen molar-refractivity contribution in [2.24, 2.45) is 5.92 Å². The maximum absolute atomic E-state index is 13.0. The Balaban J connectivity index is 1.36. The summed E-state index contributed by atoms with van der Waals surface area (Å²) in [4.78, 5) is 29.7. The van der Waals surface area contributed by atoms with Crippen LogP contribution in [-0.4, -0.2) is 60.1 Å². The molecular weight excluding hydrogens is 390 g/mol. The van der Waals surface area contributed by atoms with E-state index in [9.17, 15) is 9.59 Å². The molecule has 0 spiro atoms. The zero-order valence-corrected chi connectivity index (χ0v) is 17.8. The Morgan fingerprint density at radius 1 is 1.07 bits per heavy atom. The molecule has 2 aliphatic heterocycles. The molecule has 2 saturated heterocycles. The van der Waals surface area contributed by atoms with Gasteiger partial charge in [0, 0.05) is 44.3 Å². The maximum atomic E-state index is 13.0. The summed E-state index contributed by atoms with van der Waals surface area (Å²) in [5.41, 5.74) is 1.69. The number of rotatable bonds is 4. The number of carbonyl (C=O) groups excluding carboxylic acids is 2. The van der Waals surface area contributed by atoms with Gasteiger partial charge in [0.2, 0.25) is 5.91 Å². The lowest BCUT2D eigenvalue weighted by Gasteiger charge is -2.43. The van der Waals surface area contributed by atoms with Crippen molar-refractivity contribution in [1.29, 1.82) is 0 Å².